The van der Waals surface area contributed by atoms with Crippen LogP contribution in [0.3, 0.4) is 0 Å². The fraction of sp³-hybridized carbons (Fsp3) is 0.571. The van der Waals surface area contributed by atoms with Gasteiger partial charge in [0.2, 0.25) is 0 Å². The first kappa shape index (κ1) is 16.0. The second-order valence-corrected chi connectivity index (χ2v) is 4.69. The van der Waals surface area contributed by atoms with Crippen molar-refractivity contribution in [3.8, 4) is 0 Å². The number of nitrogens with one attached hydrogen (secondary N) is 1. The quantitative estimate of drug-likeness (QED) is 0.733. The van der Waals surface area contributed by atoms with Crippen LogP contribution < -0.4 is 5.32 Å². The number of halogens is 3. The predicted octanol–water partition coefficient (Wildman–Crippen LogP) is 3.02. The minimum Gasteiger partial charge on any atom is -0.313 e. The molecule has 1 aromatic rings. The molecule has 0 saturated carbocycles. The van der Waals surface area contributed by atoms with Crippen LogP contribution in [0.4, 0.5) is 13.2 Å². The van der Waals surface area contributed by atoms with Gasteiger partial charge in [-0.15, -0.1) is 0 Å². The van der Waals surface area contributed by atoms with Gasteiger partial charge in [-0.25, -0.2) is 13.2 Å². The molecule has 1 rings (SSSR count). The van der Waals surface area contributed by atoms with Crippen molar-refractivity contribution in [3.05, 3.63) is 35.1 Å². The largest absolute Gasteiger partial charge is 0.313 e. The highest BCUT2D eigenvalue weighted by molar-refractivity contribution is 5.25. The zero-order chi connectivity index (χ0) is 14.3. The molecule has 0 aliphatic heterocycles. The molecule has 0 spiro atoms. The third-order valence-corrected chi connectivity index (χ3v) is 2.76. The Labute approximate surface area is 112 Å². The Kier molecular flexibility index (Phi) is 6.87. The fourth-order valence-electron chi connectivity index (χ4n) is 1.86. The molecule has 1 N–H and O–H groups in total. The number of nitrogens with zero attached hydrogens (tertiary/aromatic N) is 1. The lowest BCUT2D eigenvalue weighted by atomic mass is 10.1. The third-order valence-electron chi connectivity index (χ3n) is 2.76. The van der Waals surface area contributed by atoms with Crippen LogP contribution in [-0.4, -0.2) is 31.5 Å². The van der Waals surface area contributed by atoms with Crippen molar-refractivity contribution < 1.29 is 13.2 Å². The summed E-state index contributed by atoms with van der Waals surface area (Å²) in [5.41, 5.74) is 1.43. The predicted molar refractivity (Wildman–Crippen MR) is 70.7 cm³/mol. The average Bonchev–Trinajstić information content (AvgIpc) is 2.32. The third kappa shape index (κ3) is 6.07. The van der Waals surface area contributed by atoms with Gasteiger partial charge in [-0.3, -0.25) is 4.90 Å². The molecule has 0 amide bonds. The molecule has 0 radical (unpaired) electrons. The fourth-order valence-corrected chi connectivity index (χ4v) is 1.86. The van der Waals surface area contributed by atoms with Crippen LogP contribution >= 0.6 is 0 Å². The number of hydrogen-bond acceptors (Lipinski definition) is 2. The lowest BCUT2D eigenvalue weighted by molar-refractivity contribution is 0.0970. The van der Waals surface area contributed by atoms with E-state index in [1.807, 2.05) is 0 Å². The lowest BCUT2D eigenvalue weighted by Crippen LogP contribution is -2.24. The van der Waals surface area contributed by atoms with E-state index >= 15 is 0 Å². The molecule has 19 heavy (non-hydrogen) atoms. The monoisotopic (exact) mass is 274 g/mol. The van der Waals surface area contributed by atoms with Gasteiger partial charge >= 0.3 is 0 Å². The molecule has 0 fully saturated rings. The van der Waals surface area contributed by atoms with Gasteiger partial charge in [-0.2, -0.15) is 0 Å². The van der Waals surface area contributed by atoms with Crippen molar-refractivity contribution in [2.24, 2.45) is 0 Å². The SMILES string of the molecule is CCCNCc1ccc(F)c(CN(C)CC(F)F)c1. The highest BCUT2D eigenvalue weighted by atomic mass is 19.3. The van der Waals surface area contributed by atoms with Gasteiger partial charge in [-0.05, 0) is 31.6 Å². The standard InChI is InChI=1S/C14H21F3N2/c1-3-6-18-8-11-4-5-13(15)12(7-11)9-19(2)10-14(16)17/h4-5,7,14,18H,3,6,8-10H2,1-2H3. The van der Waals surface area contributed by atoms with E-state index in [2.05, 4.69) is 12.2 Å². The number of benzene rings is 1. The van der Waals surface area contributed by atoms with Crippen molar-refractivity contribution in [3.63, 3.8) is 0 Å². The molecule has 1 aromatic carbocycles. The van der Waals surface area contributed by atoms with Gasteiger partial charge in [-0.1, -0.05) is 19.1 Å². The summed E-state index contributed by atoms with van der Waals surface area (Å²) in [6.45, 7) is 3.48. The van der Waals surface area contributed by atoms with Crippen molar-refractivity contribution in [2.75, 3.05) is 20.1 Å². The van der Waals surface area contributed by atoms with E-state index in [1.165, 1.54) is 11.0 Å². The van der Waals surface area contributed by atoms with Gasteiger partial charge in [0.05, 0.1) is 6.54 Å². The van der Waals surface area contributed by atoms with Crippen LogP contribution in [0, 0.1) is 5.82 Å². The zero-order valence-electron chi connectivity index (χ0n) is 11.4. The maximum atomic E-state index is 13.6. The Morgan fingerprint density at radius 1 is 1.32 bits per heavy atom. The number of hydrogen-bond donors (Lipinski definition) is 1. The topological polar surface area (TPSA) is 15.3 Å². The molecule has 0 aromatic heterocycles. The molecule has 0 aliphatic rings. The lowest BCUT2D eigenvalue weighted by Gasteiger charge is -2.17. The van der Waals surface area contributed by atoms with Gasteiger partial charge in [0.15, 0.2) is 0 Å². The Balaban J connectivity index is 2.63. The zero-order valence-corrected chi connectivity index (χ0v) is 11.4. The molecule has 0 saturated heterocycles. The summed E-state index contributed by atoms with van der Waals surface area (Å²) < 4.78 is 38.1. The van der Waals surface area contributed by atoms with Crippen LogP contribution in [0.2, 0.25) is 0 Å². The molecule has 0 aliphatic carbocycles. The normalized spacial score (nSPS) is 11.5. The van der Waals surface area contributed by atoms with E-state index in [0.29, 0.717) is 12.1 Å². The van der Waals surface area contributed by atoms with E-state index in [-0.39, 0.29) is 18.9 Å². The summed E-state index contributed by atoms with van der Waals surface area (Å²) >= 11 is 0. The van der Waals surface area contributed by atoms with Crippen LogP contribution in [0.1, 0.15) is 24.5 Å². The summed E-state index contributed by atoms with van der Waals surface area (Å²) in [5, 5.41) is 3.23. The first-order valence-electron chi connectivity index (χ1n) is 6.47. The minimum atomic E-state index is -2.40. The average molecular weight is 274 g/mol. The molecule has 0 atom stereocenters. The second-order valence-electron chi connectivity index (χ2n) is 4.69. The minimum absolute atomic E-state index is 0.192. The molecule has 2 nitrogen and oxygen atoms in total. The molecule has 5 heteroatoms. The molecular weight excluding hydrogens is 253 g/mol. The van der Waals surface area contributed by atoms with E-state index in [1.54, 1.807) is 19.2 Å². The Bertz CT molecular complexity index is 383. The molecular formula is C14H21F3N2. The summed E-state index contributed by atoms with van der Waals surface area (Å²) in [7, 11) is 1.56. The molecule has 0 heterocycles. The summed E-state index contributed by atoms with van der Waals surface area (Å²) in [6, 6.07) is 4.85. The van der Waals surface area contributed by atoms with Crippen molar-refractivity contribution in [2.45, 2.75) is 32.9 Å². The van der Waals surface area contributed by atoms with Gasteiger partial charge in [0.25, 0.3) is 6.43 Å². The first-order chi connectivity index (χ1) is 9.02. The van der Waals surface area contributed by atoms with Gasteiger partial charge in [0, 0.05) is 18.7 Å². The smallest absolute Gasteiger partial charge is 0.251 e. The summed E-state index contributed by atoms with van der Waals surface area (Å²) in [5.74, 6) is -0.347. The van der Waals surface area contributed by atoms with Crippen LogP contribution in [0.15, 0.2) is 18.2 Å². The van der Waals surface area contributed by atoms with Crippen molar-refractivity contribution in [1.29, 1.82) is 0 Å². The Hall–Kier alpha value is -1.07. The molecule has 108 valence electrons. The van der Waals surface area contributed by atoms with Gasteiger partial charge in [0.1, 0.15) is 5.82 Å². The van der Waals surface area contributed by atoms with Crippen LogP contribution in [-0.2, 0) is 13.1 Å². The first-order valence-corrected chi connectivity index (χ1v) is 6.47. The van der Waals surface area contributed by atoms with Crippen LogP contribution in [0.25, 0.3) is 0 Å². The van der Waals surface area contributed by atoms with E-state index < -0.39 is 6.43 Å². The molecule has 0 bridgehead atoms. The Morgan fingerprint density at radius 3 is 2.68 bits per heavy atom. The maximum absolute atomic E-state index is 13.6. The van der Waals surface area contributed by atoms with Crippen molar-refractivity contribution in [1.82, 2.24) is 10.2 Å². The number of rotatable bonds is 8. The highest BCUT2D eigenvalue weighted by Gasteiger charge is 2.11. The van der Waals surface area contributed by atoms with Crippen molar-refractivity contribution >= 4 is 0 Å². The van der Waals surface area contributed by atoms with E-state index in [0.717, 1.165) is 18.5 Å². The molecule has 0 unspecified atom stereocenters. The summed E-state index contributed by atoms with van der Waals surface area (Å²) in [4.78, 5) is 1.42. The second kappa shape index (κ2) is 8.17. The summed E-state index contributed by atoms with van der Waals surface area (Å²) in [6.07, 6.45) is -1.37. The van der Waals surface area contributed by atoms with E-state index in [9.17, 15) is 13.2 Å². The number of alkyl halides is 2. The van der Waals surface area contributed by atoms with Crippen LogP contribution in [0.5, 0.6) is 0 Å². The Morgan fingerprint density at radius 2 is 2.05 bits per heavy atom. The van der Waals surface area contributed by atoms with E-state index in [4.69, 9.17) is 0 Å². The maximum Gasteiger partial charge on any atom is 0.251 e. The highest BCUT2D eigenvalue weighted by Crippen LogP contribution is 2.13. The van der Waals surface area contributed by atoms with Gasteiger partial charge < -0.3 is 5.32 Å².